The fourth-order valence-corrected chi connectivity index (χ4v) is 2.69. The van der Waals surface area contributed by atoms with Crippen molar-refractivity contribution in [3.63, 3.8) is 0 Å². The van der Waals surface area contributed by atoms with Gasteiger partial charge < -0.3 is 20.9 Å². The normalized spacial score (nSPS) is 10.8. The first-order valence-electron chi connectivity index (χ1n) is 6.53. The summed E-state index contributed by atoms with van der Waals surface area (Å²) in [6.07, 6.45) is 0. The quantitative estimate of drug-likeness (QED) is 0.492. The molecule has 0 aliphatic heterocycles. The van der Waals surface area contributed by atoms with Crippen LogP contribution in [-0.4, -0.2) is 38.6 Å². The summed E-state index contributed by atoms with van der Waals surface area (Å²) in [7, 11) is -1.12. The minimum atomic E-state index is -3.87. The highest BCUT2D eigenvalue weighted by molar-refractivity contribution is 7.92. The van der Waals surface area contributed by atoms with Gasteiger partial charge in [-0.2, -0.15) is 9.97 Å². The zero-order valence-corrected chi connectivity index (χ0v) is 13.7. The Labute approximate surface area is 138 Å². The average Bonchev–Trinajstić information content (AvgIpc) is 2.54. The van der Waals surface area contributed by atoms with E-state index in [0.29, 0.717) is 5.69 Å². The van der Waals surface area contributed by atoms with E-state index in [2.05, 4.69) is 19.7 Å². The van der Waals surface area contributed by atoms with Gasteiger partial charge in [0.1, 0.15) is 0 Å². The summed E-state index contributed by atoms with van der Waals surface area (Å²) in [5, 5.41) is 0. The summed E-state index contributed by atoms with van der Waals surface area (Å²) in [5.41, 5.74) is 11.0. The molecule has 0 saturated carbocycles. The van der Waals surface area contributed by atoms with E-state index >= 15 is 0 Å². The van der Waals surface area contributed by atoms with Crippen LogP contribution in [-0.2, 0) is 10.0 Å². The lowest BCUT2D eigenvalue weighted by atomic mass is 10.3. The lowest BCUT2D eigenvalue weighted by Crippen LogP contribution is -2.21. The number of ether oxygens (including phenoxy) is 2. The number of nitrogens with zero attached hydrogens (tertiary/aromatic N) is 3. The number of benzene rings is 1. The monoisotopic (exact) mass is 352 g/mol. The third kappa shape index (κ3) is 4.23. The van der Waals surface area contributed by atoms with E-state index in [9.17, 15) is 8.42 Å². The first kappa shape index (κ1) is 17.3. The van der Waals surface area contributed by atoms with Gasteiger partial charge in [-0.1, -0.05) is 0 Å². The Morgan fingerprint density at radius 3 is 2.33 bits per heavy atom. The summed E-state index contributed by atoms with van der Waals surface area (Å²) < 4.78 is 37.0. The molecule has 1 aromatic heterocycles. The molecule has 11 heteroatoms. The molecule has 24 heavy (non-hydrogen) atoms. The van der Waals surface area contributed by atoms with Crippen molar-refractivity contribution >= 4 is 27.5 Å². The lowest BCUT2D eigenvalue weighted by molar-refractivity contribution is 0.353. The predicted octanol–water partition coefficient (Wildman–Crippen LogP) is 0.200. The molecule has 0 spiro atoms. The van der Waals surface area contributed by atoms with Crippen molar-refractivity contribution in [1.29, 1.82) is 0 Å². The van der Waals surface area contributed by atoms with Gasteiger partial charge in [0, 0.05) is 6.07 Å². The number of nitrogens with two attached hydrogens (primary N) is 2. The highest BCUT2D eigenvalue weighted by atomic mass is 32.2. The minimum absolute atomic E-state index is 0.00648. The van der Waals surface area contributed by atoms with Crippen molar-refractivity contribution in [3.05, 3.63) is 30.3 Å². The van der Waals surface area contributed by atoms with E-state index in [4.69, 9.17) is 20.9 Å². The van der Waals surface area contributed by atoms with Crippen LogP contribution in [0.2, 0.25) is 0 Å². The van der Waals surface area contributed by atoms with E-state index in [-0.39, 0.29) is 28.6 Å². The molecule has 0 fully saturated rings. The summed E-state index contributed by atoms with van der Waals surface area (Å²) in [6, 6.07) is 6.95. The SMILES string of the molecule is COc1cc(NS(=O)(=O)c2ccc(N=C(N)N)cc2)nc(OC)n1. The number of hydrogen-bond acceptors (Lipinski definition) is 7. The highest BCUT2D eigenvalue weighted by Gasteiger charge is 2.16. The fourth-order valence-electron chi connectivity index (χ4n) is 1.70. The van der Waals surface area contributed by atoms with E-state index in [1.807, 2.05) is 0 Å². The number of aliphatic imine (C=N–C) groups is 1. The second-order valence-corrected chi connectivity index (χ2v) is 6.10. The number of guanidine groups is 1. The van der Waals surface area contributed by atoms with Crippen molar-refractivity contribution in [2.75, 3.05) is 18.9 Å². The van der Waals surface area contributed by atoms with Crippen molar-refractivity contribution < 1.29 is 17.9 Å². The first-order valence-corrected chi connectivity index (χ1v) is 8.02. The number of rotatable bonds is 6. The van der Waals surface area contributed by atoms with Crippen LogP contribution in [0.15, 0.2) is 40.2 Å². The molecule has 0 saturated heterocycles. The standard InChI is InChI=1S/C13H16N6O4S/c1-22-11-7-10(17-13(18-11)23-2)19-24(20,21)9-5-3-8(4-6-9)16-12(14)15/h3-7H,1-2H3,(H4,14,15,16)(H,17,18,19). The molecular weight excluding hydrogens is 336 g/mol. The first-order chi connectivity index (χ1) is 11.3. The van der Waals surface area contributed by atoms with E-state index in [1.54, 1.807) is 0 Å². The molecule has 128 valence electrons. The van der Waals surface area contributed by atoms with Gasteiger partial charge in [0.05, 0.1) is 24.8 Å². The van der Waals surface area contributed by atoms with Crippen molar-refractivity contribution in [2.24, 2.45) is 16.5 Å². The topological polar surface area (TPSA) is 155 Å². The maximum atomic E-state index is 12.4. The lowest BCUT2D eigenvalue weighted by Gasteiger charge is -2.09. The van der Waals surface area contributed by atoms with Gasteiger partial charge in [-0.25, -0.2) is 13.4 Å². The molecule has 0 aliphatic rings. The zero-order valence-electron chi connectivity index (χ0n) is 12.9. The van der Waals surface area contributed by atoms with Crippen LogP contribution in [0.25, 0.3) is 0 Å². The van der Waals surface area contributed by atoms with Crippen molar-refractivity contribution in [1.82, 2.24) is 9.97 Å². The van der Waals surface area contributed by atoms with Gasteiger partial charge >= 0.3 is 6.01 Å². The molecule has 0 atom stereocenters. The van der Waals surface area contributed by atoms with Crippen LogP contribution in [0.1, 0.15) is 0 Å². The molecule has 10 nitrogen and oxygen atoms in total. The van der Waals surface area contributed by atoms with Gasteiger partial charge in [0.2, 0.25) is 5.88 Å². The largest absolute Gasteiger partial charge is 0.481 e. The molecule has 5 N–H and O–H groups in total. The Morgan fingerprint density at radius 1 is 1.12 bits per heavy atom. The number of aromatic nitrogens is 2. The van der Waals surface area contributed by atoms with E-state index in [1.165, 1.54) is 44.6 Å². The minimum Gasteiger partial charge on any atom is -0.481 e. The Hall–Kier alpha value is -3.08. The second-order valence-electron chi connectivity index (χ2n) is 4.42. The maximum Gasteiger partial charge on any atom is 0.321 e. The Morgan fingerprint density at radius 2 is 1.79 bits per heavy atom. The molecule has 2 aromatic rings. The molecule has 0 unspecified atom stereocenters. The third-order valence-corrected chi connectivity index (χ3v) is 4.09. The van der Waals surface area contributed by atoms with Crippen molar-refractivity contribution in [2.45, 2.75) is 4.90 Å². The van der Waals surface area contributed by atoms with Gasteiger partial charge in [0.15, 0.2) is 11.8 Å². The molecule has 1 heterocycles. The zero-order chi connectivity index (χ0) is 17.7. The molecule has 0 amide bonds. The van der Waals surface area contributed by atoms with Crippen LogP contribution < -0.4 is 25.7 Å². The second kappa shape index (κ2) is 7.00. The van der Waals surface area contributed by atoms with Crippen LogP contribution in [0.3, 0.4) is 0 Å². The summed E-state index contributed by atoms with van der Waals surface area (Å²) >= 11 is 0. The summed E-state index contributed by atoms with van der Waals surface area (Å²) in [5.74, 6) is 0.0403. The smallest absolute Gasteiger partial charge is 0.321 e. The van der Waals surface area contributed by atoms with Crippen LogP contribution >= 0.6 is 0 Å². The molecule has 2 rings (SSSR count). The fraction of sp³-hybridized carbons (Fsp3) is 0.154. The van der Waals surface area contributed by atoms with Gasteiger partial charge in [-0.3, -0.25) is 4.72 Å². The number of hydrogen-bond donors (Lipinski definition) is 3. The molecule has 0 aliphatic carbocycles. The van der Waals surface area contributed by atoms with E-state index in [0.717, 1.165) is 0 Å². The average molecular weight is 352 g/mol. The van der Waals surface area contributed by atoms with Gasteiger partial charge in [0.25, 0.3) is 10.0 Å². The van der Waals surface area contributed by atoms with E-state index < -0.39 is 10.0 Å². The Bertz CT molecular complexity index is 825. The Kier molecular flexibility index (Phi) is 5.04. The number of nitrogens with one attached hydrogen (secondary N) is 1. The predicted molar refractivity (Wildman–Crippen MR) is 87.9 cm³/mol. The number of sulfonamides is 1. The molecule has 0 radical (unpaired) electrons. The molecule has 1 aromatic carbocycles. The Balaban J connectivity index is 2.29. The molecule has 0 bridgehead atoms. The van der Waals surface area contributed by atoms with Crippen molar-refractivity contribution in [3.8, 4) is 11.9 Å². The van der Waals surface area contributed by atoms with Crippen LogP contribution in [0.4, 0.5) is 11.5 Å². The number of anilines is 1. The third-order valence-electron chi connectivity index (χ3n) is 2.72. The summed E-state index contributed by atoms with van der Waals surface area (Å²) in [6.45, 7) is 0. The maximum absolute atomic E-state index is 12.4. The summed E-state index contributed by atoms with van der Waals surface area (Å²) in [4.78, 5) is 11.6. The molecular formula is C13H16N6O4S. The van der Waals surface area contributed by atoms with Gasteiger partial charge in [-0.15, -0.1) is 0 Å². The van der Waals surface area contributed by atoms with Crippen LogP contribution in [0.5, 0.6) is 11.9 Å². The van der Waals surface area contributed by atoms with Gasteiger partial charge in [-0.05, 0) is 24.3 Å². The number of methoxy groups -OCH3 is 2. The van der Waals surface area contributed by atoms with Crippen LogP contribution in [0, 0.1) is 0 Å². The highest BCUT2D eigenvalue weighted by Crippen LogP contribution is 2.22.